The summed E-state index contributed by atoms with van der Waals surface area (Å²) in [5, 5.41) is 7.72. The zero-order valence-electron chi connectivity index (χ0n) is 17.0. The number of benzene rings is 2. The number of aromatic nitrogens is 1. The van der Waals surface area contributed by atoms with Gasteiger partial charge in [0.25, 0.3) is 5.91 Å². The van der Waals surface area contributed by atoms with Gasteiger partial charge in [0.05, 0.1) is 5.69 Å². The van der Waals surface area contributed by atoms with Crippen molar-refractivity contribution in [2.24, 2.45) is 0 Å². The van der Waals surface area contributed by atoms with E-state index >= 15 is 0 Å². The summed E-state index contributed by atoms with van der Waals surface area (Å²) in [7, 11) is 1.51. The van der Waals surface area contributed by atoms with Crippen molar-refractivity contribution in [1.29, 1.82) is 0 Å². The van der Waals surface area contributed by atoms with Gasteiger partial charge >= 0.3 is 6.03 Å². The van der Waals surface area contributed by atoms with Crippen molar-refractivity contribution in [3.8, 4) is 23.0 Å². The molecule has 1 aliphatic rings. The van der Waals surface area contributed by atoms with Crippen LogP contribution in [-0.2, 0) is 0 Å². The Morgan fingerprint density at radius 2 is 1.84 bits per heavy atom. The van der Waals surface area contributed by atoms with Gasteiger partial charge in [-0.3, -0.25) is 9.78 Å². The van der Waals surface area contributed by atoms with E-state index in [9.17, 15) is 14.0 Å². The van der Waals surface area contributed by atoms with Crippen LogP contribution in [0.5, 0.6) is 23.0 Å². The molecule has 0 bridgehead atoms. The molecule has 32 heavy (non-hydrogen) atoms. The van der Waals surface area contributed by atoms with Gasteiger partial charge in [0.2, 0.25) is 0 Å². The van der Waals surface area contributed by atoms with Gasteiger partial charge < -0.3 is 30.2 Å². The molecule has 3 N–H and O–H groups in total. The SMILES string of the molecule is CNC(=O)c1cc(Oc2cccc(NC(=O)Nc3cc(F)cc4c3OCCO4)c2)ccn1. The number of nitrogens with zero attached hydrogens (tertiary/aromatic N) is 1. The number of rotatable bonds is 5. The van der Waals surface area contributed by atoms with E-state index < -0.39 is 11.8 Å². The Hall–Kier alpha value is -4.34. The molecule has 3 aromatic rings. The van der Waals surface area contributed by atoms with E-state index in [4.69, 9.17) is 14.2 Å². The Balaban J connectivity index is 1.45. The Bertz CT molecular complexity index is 1170. The number of amides is 3. The number of pyridine rings is 1. The van der Waals surface area contributed by atoms with Gasteiger partial charge in [-0.2, -0.15) is 0 Å². The van der Waals surface area contributed by atoms with E-state index in [2.05, 4.69) is 20.9 Å². The summed E-state index contributed by atoms with van der Waals surface area (Å²) in [6.45, 7) is 0.599. The monoisotopic (exact) mass is 438 g/mol. The quantitative estimate of drug-likeness (QED) is 0.559. The molecule has 2 aromatic carbocycles. The number of hydrogen-bond donors (Lipinski definition) is 3. The van der Waals surface area contributed by atoms with Crippen molar-refractivity contribution < 1.29 is 28.2 Å². The van der Waals surface area contributed by atoms with E-state index in [1.165, 1.54) is 25.4 Å². The standard InChI is InChI=1S/C22H19FN4O5/c1-24-21(28)18-12-16(5-6-25-18)32-15-4-2-3-14(11-15)26-22(29)27-17-9-13(23)10-19-20(17)31-8-7-30-19/h2-6,9-12H,7-8H2,1H3,(H,24,28)(H2,26,27,29). The summed E-state index contributed by atoms with van der Waals surface area (Å²) in [5.74, 6) is 0.440. The van der Waals surface area contributed by atoms with Crippen molar-refractivity contribution in [3.63, 3.8) is 0 Å². The molecule has 0 spiro atoms. The number of carbonyl (C=O) groups is 2. The fourth-order valence-electron chi connectivity index (χ4n) is 3.00. The van der Waals surface area contributed by atoms with Crippen LogP contribution in [0.15, 0.2) is 54.7 Å². The fraction of sp³-hybridized carbons (Fsp3) is 0.136. The van der Waals surface area contributed by atoms with Crippen molar-refractivity contribution in [2.75, 3.05) is 30.9 Å². The van der Waals surface area contributed by atoms with E-state index in [0.717, 1.165) is 6.07 Å². The number of anilines is 2. The second kappa shape index (κ2) is 9.21. The van der Waals surface area contributed by atoms with Gasteiger partial charge in [0.15, 0.2) is 11.5 Å². The van der Waals surface area contributed by atoms with Crippen LogP contribution in [0.25, 0.3) is 0 Å². The van der Waals surface area contributed by atoms with Crippen LogP contribution in [0, 0.1) is 5.82 Å². The largest absolute Gasteiger partial charge is 0.486 e. The lowest BCUT2D eigenvalue weighted by Crippen LogP contribution is -2.22. The van der Waals surface area contributed by atoms with E-state index in [1.807, 2.05) is 0 Å². The predicted octanol–water partition coefficient (Wildman–Crippen LogP) is 3.79. The lowest BCUT2D eigenvalue weighted by molar-refractivity contribution is 0.0958. The number of carbonyl (C=O) groups excluding carboxylic acids is 2. The summed E-state index contributed by atoms with van der Waals surface area (Å²) >= 11 is 0. The van der Waals surface area contributed by atoms with Gasteiger partial charge in [-0.15, -0.1) is 0 Å². The minimum Gasteiger partial charge on any atom is -0.486 e. The predicted molar refractivity (Wildman–Crippen MR) is 114 cm³/mol. The van der Waals surface area contributed by atoms with Gasteiger partial charge in [-0.25, -0.2) is 9.18 Å². The molecule has 1 aromatic heterocycles. The maximum absolute atomic E-state index is 13.8. The molecule has 0 atom stereocenters. The molecule has 1 aliphatic heterocycles. The van der Waals surface area contributed by atoms with Crippen molar-refractivity contribution in [2.45, 2.75) is 0 Å². The zero-order valence-corrected chi connectivity index (χ0v) is 17.0. The molecule has 3 amide bonds. The summed E-state index contributed by atoms with van der Waals surface area (Å²) in [4.78, 5) is 28.2. The second-order valence-corrected chi connectivity index (χ2v) is 6.64. The Morgan fingerprint density at radius 3 is 2.69 bits per heavy atom. The van der Waals surface area contributed by atoms with E-state index in [-0.39, 0.29) is 28.8 Å². The third-order valence-corrected chi connectivity index (χ3v) is 4.37. The van der Waals surface area contributed by atoms with Crippen molar-refractivity contribution in [3.05, 3.63) is 66.2 Å². The summed E-state index contributed by atoms with van der Waals surface area (Å²) in [6.07, 6.45) is 1.46. The third-order valence-electron chi connectivity index (χ3n) is 4.37. The lowest BCUT2D eigenvalue weighted by atomic mass is 10.2. The molecule has 9 nitrogen and oxygen atoms in total. The van der Waals surface area contributed by atoms with Crippen LogP contribution in [0.2, 0.25) is 0 Å². The average molecular weight is 438 g/mol. The first-order valence-corrected chi connectivity index (χ1v) is 9.65. The molecule has 2 heterocycles. The first kappa shape index (κ1) is 20.9. The highest BCUT2D eigenvalue weighted by atomic mass is 19.1. The number of halogens is 1. The van der Waals surface area contributed by atoms with Crippen molar-refractivity contribution in [1.82, 2.24) is 10.3 Å². The first-order chi connectivity index (χ1) is 15.5. The summed E-state index contributed by atoms with van der Waals surface area (Å²) < 4.78 is 30.5. The highest BCUT2D eigenvalue weighted by Gasteiger charge is 2.19. The lowest BCUT2D eigenvalue weighted by Gasteiger charge is -2.21. The summed E-state index contributed by atoms with van der Waals surface area (Å²) in [6, 6.07) is 11.5. The highest BCUT2D eigenvalue weighted by Crippen LogP contribution is 2.38. The number of ether oxygens (including phenoxy) is 3. The summed E-state index contributed by atoms with van der Waals surface area (Å²) in [5.41, 5.74) is 0.800. The molecule has 0 saturated heterocycles. The minimum atomic E-state index is -0.602. The molecular weight excluding hydrogens is 419 g/mol. The van der Waals surface area contributed by atoms with Crippen LogP contribution >= 0.6 is 0 Å². The maximum atomic E-state index is 13.8. The average Bonchev–Trinajstić information content (AvgIpc) is 2.78. The molecule has 0 saturated carbocycles. The smallest absolute Gasteiger partial charge is 0.323 e. The molecule has 164 valence electrons. The number of nitrogens with one attached hydrogen (secondary N) is 3. The van der Waals surface area contributed by atoms with Gasteiger partial charge in [0.1, 0.15) is 36.2 Å². The normalized spacial score (nSPS) is 11.9. The van der Waals surface area contributed by atoms with Gasteiger partial charge in [-0.1, -0.05) is 6.07 Å². The third kappa shape index (κ3) is 4.86. The topological polar surface area (TPSA) is 111 Å². The molecule has 4 rings (SSSR count). The number of urea groups is 1. The van der Waals surface area contributed by atoms with Gasteiger partial charge in [0, 0.05) is 43.2 Å². The zero-order chi connectivity index (χ0) is 22.5. The second-order valence-electron chi connectivity index (χ2n) is 6.64. The van der Waals surface area contributed by atoms with Crippen LogP contribution in [0.3, 0.4) is 0 Å². The van der Waals surface area contributed by atoms with Crippen LogP contribution < -0.4 is 30.2 Å². The first-order valence-electron chi connectivity index (χ1n) is 9.65. The highest BCUT2D eigenvalue weighted by molar-refractivity contribution is 6.01. The van der Waals surface area contributed by atoms with Crippen molar-refractivity contribution >= 4 is 23.3 Å². The Morgan fingerprint density at radius 1 is 1.03 bits per heavy atom. The Kier molecular flexibility index (Phi) is 6.02. The number of hydrogen-bond acceptors (Lipinski definition) is 6. The molecule has 0 radical (unpaired) electrons. The molecule has 0 fully saturated rings. The van der Waals surface area contributed by atoms with Crippen LogP contribution in [0.4, 0.5) is 20.6 Å². The molecule has 10 heteroatoms. The Labute approximate surface area is 182 Å². The maximum Gasteiger partial charge on any atom is 0.323 e. The van der Waals surface area contributed by atoms with Crippen LogP contribution in [-0.4, -0.2) is 37.2 Å². The number of fused-ring (bicyclic) bond motifs is 1. The molecular formula is C22H19FN4O5. The van der Waals surface area contributed by atoms with E-state index in [1.54, 1.807) is 30.3 Å². The fourth-order valence-corrected chi connectivity index (χ4v) is 3.00. The van der Waals surface area contributed by atoms with E-state index in [0.29, 0.717) is 30.4 Å². The minimum absolute atomic E-state index is 0.156. The molecule has 0 unspecified atom stereocenters. The van der Waals surface area contributed by atoms with Gasteiger partial charge in [-0.05, 0) is 18.2 Å². The van der Waals surface area contributed by atoms with Crippen LogP contribution in [0.1, 0.15) is 10.5 Å². The molecule has 0 aliphatic carbocycles.